The van der Waals surface area contributed by atoms with Gasteiger partial charge >= 0.3 is 0 Å². The Labute approximate surface area is 103 Å². The predicted molar refractivity (Wildman–Crippen MR) is 62.6 cm³/mol. The topological polar surface area (TPSA) is 46.3 Å². The summed E-state index contributed by atoms with van der Waals surface area (Å²) < 4.78 is 4.97. The van der Waals surface area contributed by atoms with Crippen LogP contribution >= 0.6 is 23.2 Å². The van der Waals surface area contributed by atoms with Crippen molar-refractivity contribution in [2.75, 3.05) is 0 Å². The molecule has 1 N–H and O–H groups in total. The van der Waals surface area contributed by atoms with Crippen LogP contribution in [0.25, 0.3) is 11.3 Å². The fourth-order valence-electron chi connectivity index (χ4n) is 1.35. The molecule has 0 amide bonds. The van der Waals surface area contributed by atoms with Crippen LogP contribution in [0.4, 0.5) is 0 Å². The number of benzene rings is 1. The molecular weight excluding hydrogens is 249 g/mol. The highest BCUT2D eigenvalue weighted by Crippen LogP contribution is 2.34. The second-order valence-corrected chi connectivity index (χ2v) is 4.20. The molecule has 0 radical (unpaired) electrons. The van der Waals surface area contributed by atoms with Crippen LogP contribution in [0.3, 0.4) is 0 Å². The number of halogens is 2. The third-order valence-corrected chi connectivity index (χ3v) is 2.79. The third-order valence-electron chi connectivity index (χ3n) is 2.16. The first-order valence-electron chi connectivity index (χ1n) is 4.68. The molecule has 3 nitrogen and oxygen atoms in total. The number of nitrogens with zero attached hydrogens (tertiary/aromatic N) is 1. The first-order chi connectivity index (χ1) is 7.59. The van der Waals surface area contributed by atoms with E-state index in [1.165, 1.54) is 0 Å². The van der Waals surface area contributed by atoms with Crippen LogP contribution in [0, 0.1) is 0 Å². The molecule has 0 fully saturated rings. The molecular formula is C11H9Cl2NO2. The van der Waals surface area contributed by atoms with Gasteiger partial charge in [0.2, 0.25) is 0 Å². The molecule has 0 aliphatic carbocycles. The van der Waals surface area contributed by atoms with Crippen LogP contribution in [0.2, 0.25) is 10.0 Å². The molecule has 0 bridgehead atoms. The zero-order chi connectivity index (χ0) is 11.7. The highest BCUT2D eigenvalue weighted by molar-refractivity contribution is 6.39. The minimum Gasteiger partial charge on any atom is -0.385 e. The quantitative estimate of drug-likeness (QED) is 0.893. The van der Waals surface area contributed by atoms with Gasteiger partial charge in [-0.05, 0) is 19.1 Å². The van der Waals surface area contributed by atoms with Gasteiger partial charge in [-0.25, -0.2) is 0 Å². The minimum absolute atomic E-state index is 0.381. The van der Waals surface area contributed by atoms with E-state index in [2.05, 4.69) is 5.16 Å². The van der Waals surface area contributed by atoms with Crippen molar-refractivity contribution in [1.82, 2.24) is 5.16 Å². The summed E-state index contributed by atoms with van der Waals surface area (Å²) >= 11 is 12.0. The molecule has 0 saturated heterocycles. The average Bonchev–Trinajstić information content (AvgIpc) is 2.66. The number of hydrogen-bond donors (Lipinski definition) is 1. The van der Waals surface area contributed by atoms with Gasteiger partial charge in [-0.1, -0.05) is 34.4 Å². The van der Waals surface area contributed by atoms with Gasteiger partial charge in [0, 0.05) is 11.6 Å². The molecule has 0 aliphatic heterocycles. The normalized spacial score (nSPS) is 12.8. The summed E-state index contributed by atoms with van der Waals surface area (Å²) in [5.41, 5.74) is 1.13. The van der Waals surface area contributed by atoms with E-state index >= 15 is 0 Å². The molecule has 1 aromatic carbocycles. The van der Waals surface area contributed by atoms with Crippen molar-refractivity contribution in [3.63, 3.8) is 0 Å². The van der Waals surface area contributed by atoms with E-state index in [-0.39, 0.29) is 0 Å². The van der Waals surface area contributed by atoms with Crippen LogP contribution in [0.15, 0.2) is 28.8 Å². The van der Waals surface area contributed by atoms with Gasteiger partial charge in [-0.2, -0.15) is 0 Å². The van der Waals surface area contributed by atoms with Gasteiger partial charge in [-0.15, -0.1) is 0 Å². The van der Waals surface area contributed by atoms with Gasteiger partial charge in [0.1, 0.15) is 11.8 Å². The van der Waals surface area contributed by atoms with Crippen LogP contribution in [-0.4, -0.2) is 10.3 Å². The first kappa shape index (κ1) is 11.5. The van der Waals surface area contributed by atoms with Crippen molar-refractivity contribution in [3.8, 4) is 11.3 Å². The number of aliphatic hydroxyl groups is 1. The molecule has 2 rings (SSSR count). The van der Waals surface area contributed by atoms with Crippen LogP contribution < -0.4 is 0 Å². The van der Waals surface area contributed by atoms with Crippen LogP contribution in [-0.2, 0) is 0 Å². The maximum atomic E-state index is 9.32. The average molecular weight is 258 g/mol. The van der Waals surface area contributed by atoms with E-state index < -0.39 is 6.10 Å². The minimum atomic E-state index is -0.706. The summed E-state index contributed by atoms with van der Waals surface area (Å²) in [5.74, 6) is 0.381. The molecule has 2 aromatic rings. The Balaban J connectivity index is 2.50. The Morgan fingerprint density at radius 3 is 2.44 bits per heavy atom. The molecule has 0 aliphatic rings. The van der Waals surface area contributed by atoms with E-state index in [1.807, 2.05) is 0 Å². The third kappa shape index (κ3) is 2.07. The zero-order valence-electron chi connectivity index (χ0n) is 8.45. The van der Waals surface area contributed by atoms with E-state index in [0.717, 1.165) is 0 Å². The molecule has 0 saturated carbocycles. The maximum absolute atomic E-state index is 9.32. The lowest BCUT2D eigenvalue weighted by Crippen LogP contribution is -1.85. The van der Waals surface area contributed by atoms with E-state index in [1.54, 1.807) is 31.2 Å². The largest absolute Gasteiger partial charge is 0.385 e. The van der Waals surface area contributed by atoms with E-state index in [9.17, 15) is 5.11 Å². The Morgan fingerprint density at radius 1 is 1.31 bits per heavy atom. The highest BCUT2D eigenvalue weighted by atomic mass is 35.5. The summed E-state index contributed by atoms with van der Waals surface area (Å²) in [6.07, 6.45) is -0.706. The molecule has 1 aromatic heterocycles. The monoisotopic (exact) mass is 257 g/mol. The second kappa shape index (κ2) is 4.45. The Bertz CT molecular complexity index is 488. The maximum Gasteiger partial charge on any atom is 0.165 e. The lowest BCUT2D eigenvalue weighted by atomic mass is 10.1. The summed E-state index contributed by atoms with van der Waals surface area (Å²) in [4.78, 5) is 0. The molecule has 0 spiro atoms. The van der Waals surface area contributed by atoms with Crippen molar-refractivity contribution in [2.45, 2.75) is 13.0 Å². The zero-order valence-corrected chi connectivity index (χ0v) is 9.96. The number of rotatable bonds is 2. The molecule has 1 heterocycles. The van der Waals surface area contributed by atoms with Crippen molar-refractivity contribution >= 4 is 23.2 Å². The lowest BCUT2D eigenvalue weighted by molar-refractivity contribution is 0.158. The fourth-order valence-corrected chi connectivity index (χ4v) is 1.94. The SMILES string of the molecule is CC(O)c1cc(-c2c(Cl)cccc2Cl)no1. The van der Waals surface area contributed by atoms with Crippen molar-refractivity contribution in [2.24, 2.45) is 0 Å². The van der Waals surface area contributed by atoms with Gasteiger partial charge < -0.3 is 9.63 Å². The second-order valence-electron chi connectivity index (χ2n) is 3.39. The van der Waals surface area contributed by atoms with Crippen LogP contribution in [0.5, 0.6) is 0 Å². The van der Waals surface area contributed by atoms with Gasteiger partial charge in [0.25, 0.3) is 0 Å². The molecule has 1 atom stereocenters. The van der Waals surface area contributed by atoms with Crippen molar-refractivity contribution in [3.05, 3.63) is 40.1 Å². The van der Waals surface area contributed by atoms with Gasteiger partial charge in [0.15, 0.2) is 5.76 Å². The number of hydrogen-bond acceptors (Lipinski definition) is 3. The number of aliphatic hydroxyl groups excluding tert-OH is 1. The highest BCUT2D eigenvalue weighted by Gasteiger charge is 2.15. The van der Waals surface area contributed by atoms with Gasteiger partial charge in [0.05, 0.1) is 10.0 Å². The lowest BCUT2D eigenvalue weighted by Gasteiger charge is -2.01. The Kier molecular flexibility index (Phi) is 3.19. The molecule has 16 heavy (non-hydrogen) atoms. The first-order valence-corrected chi connectivity index (χ1v) is 5.44. The fraction of sp³-hybridized carbons (Fsp3) is 0.182. The Hall–Kier alpha value is -1.03. The van der Waals surface area contributed by atoms with Crippen molar-refractivity contribution < 1.29 is 9.63 Å². The molecule has 1 unspecified atom stereocenters. The van der Waals surface area contributed by atoms with Crippen LogP contribution in [0.1, 0.15) is 18.8 Å². The molecule has 84 valence electrons. The van der Waals surface area contributed by atoms with Crippen molar-refractivity contribution in [1.29, 1.82) is 0 Å². The van der Waals surface area contributed by atoms with E-state index in [0.29, 0.717) is 27.1 Å². The summed E-state index contributed by atoms with van der Waals surface area (Å²) in [5, 5.41) is 14.1. The summed E-state index contributed by atoms with van der Waals surface area (Å²) in [7, 11) is 0. The standard InChI is InChI=1S/C11H9Cl2NO2/c1-6(15)10-5-9(14-16-10)11-7(12)3-2-4-8(11)13/h2-6,15H,1H3. The predicted octanol–water partition coefficient (Wildman–Crippen LogP) is 3.70. The Morgan fingerprint density at radius 2 is 1.94 bits per heavy atom. The number of aromatic nitrogens is 1. The summed E-state index contributed by atoms with van der Waals surface area (Å²) in [6.45, 7) is 1.60. The summed E-state index contributed by atoms with van der Waals surface area (Å²) in [6, 6.07) is 6.82. The van der Waals surface area contributed by atoms with E-state index in [4.69, 9.17) is 27.7 Å². The smallest absolute Gasteiger partial charge is 0.165 e. The van der Waals surface area contributed by atoms with Gasteiger partial charge in [-0.3, -0.25) is 0 Å². The molecule has 5 heteroatoms.